The smallest absolute Gasteiger partial charge is 0.378 e. The lowest BCUT2D eigenvalue weighted by atomic mass is 9.78. The van der Waals surface area contributed by atoms with Crippen molar-refractivity contribution in [2.75, 3.05) is 6.61 Å². The van der Waals surface area contributed by atoms with Crippen molar-refractivity contribution in [1.29, 1.82) is 0 Å². The van der Waals surface area contributed by atoms with Crippen molar-refractivity contribution >= 4 is 17.7 Å². The Labute approximate surface area is 131 Å². The minimum Gasteiger partial charge on any atom is -0.454 e. The van der Waals surface area contributed by atoms with Gasteiger partial charge in [-0.15, -0.1) is 0 Å². The monoisotopic (exact) mass is 308 g/mol. The van der Waals surface area contributed by atoms with Gasteiger partial charge in [0.2, 0.25) is 0 Å². The summed E-state index contributed by atoms with van der Waals surface area (Å²) in [6, 6.07) is 0. The summed E-state index contributed by atoms with van der Waals surface area (Å²) in [5.41, 5.74) is -0.478. The number of Topliss-reactive ketones (excluding diaryl/α,β-unsaturated/α-hetero) is 1. The van der Waals surface area contributed by atoms with E-state index in [1.807, 2.05) is 13.8 Å². The van der Waals surface area contributed by atoms with Gasteiger partial charge in [-0.2, -0.15) is 0 Å². The van der Waals surface area contributed by atoms with Crippen molar-refractivity contribution < 1.29 is 23.9 Å². The van der Waals surface area contributed by atoms with E-state index in [9.17, 15) is 14.4 Å². The van der Waals surface area contributed by atoms with Crippen molar-refractivity contribution in [2.45, 2.75) is 52.1 Å². The van der Waals surface area contributed by atoms with E-state index in [1.54, 1.807) is 0 Å². The van der Waals surface area contributed by atoms with Crippen LogP contribution in [0.4, 0.5) is 0 Å². The molecule has 3 unspecified atom stereocenters. The number of carbonyl (C=O) groups is 3. The van der Waals surface area contributed by atoms with Crippen LogP contribution in [0, 0.1) is 17.8 Å². The highest BCUT2D eigenvalue weighted by atomic mass is 16.6. The van der Waals surface area contributed by atoms with Crippen molar-refractivity contribution in [3.63, 3.8) is 0 Å². The molecule has 122 valence electrons. The van der Waals surface area contributed by atoms with Gasteiger partial charge < -0.3 is 9.47 Å². The highest BCUT2D eigenvalue weighted by Crippen LogP contribution is 2.52. The predicted molar refractivity (Wildman–Crippen MR) is 79.9 cm³/mol. The normalized spacial score (nSPS) is 26.6. The molecule has 5 nitrogen and oxygen atoms in total. The molecule has 2 aliphatic carbocycles. The zero-order valence-electron chi connectivity index (χ0n) is 13.5. The summed E-state index contributed by atoms with van der Waals surface area (Å²) < 4.78 is 10.1. The highest BCUT2D eigenvalue weighted by molar-refractivity contribution is 6.34. The Kier molecular flexibility index (Phi) is 4.73. The number of ether oxygens (including phenoxy) is 2. The SMILES string of the molecule is C=C(C)C(=O)OCC(=O)C(=O)OC(C)(C)C1CC2CCC1C2. The van der Waals surface area contributed by atoms with Gasteiger partial charge in [0.25, 0.3) is 5.78 Å². The Hall–Kier alpha value is -1.65. The topological polar surface area (TPSA) is 69.7 Å². The van der Waals surface area contributed by atoms with Crippen LogP contribution in [-0.4, -0.2) is 29.9 Å². The molecule has 0 aromatic rings. The molecule has 0 aromatic carbocycles. The van der Waals surface area contributed by atoms with Gasteiger partial charge in [-0.1, -0.05) is 13.0 Å². The first kappa shape index (κ1) is 16.7. The standard InChI is InChI=1S/C17H24O5/c1-10(2)15(19)21-9-14(18)16(20)22-17(3,4)13-8-11-5-6-12(13)7-11/h11-13H,1,5-9H2,2-4H3. The number of fused-ring (bicyclic) bond motifs is 2. The van der Waals surface area contributed by atoms with Crippen molar-refractivity contribution in [3.8, 4) is 0 Å². The lowest BCUT2D eigenvalue weighted by molar-refractivity contribution is -0.171. The third-order valence-electron chi connectivity index (χ3n) is 4.90. The Balaban J connectivity index is 1.86. The molecule has 22 heavy (non-hydrogen) atoms. The molecule has 5 heteroatoms. The summed E-state index contributed by atoms with van der Waals surface area (Å²) in [7, 11) is 0. The van der Waals surface area contributed by atoms with Crippen molar-refractivity contribution in [3.05, 3.63) is 12.2 Å². The fraction of sp³-hybridized carbons (Fsp3) is 0.706. The second-order valence-corrected chi connectivity index (χ2v) is 7.05. The van der Waals surface area contributed by atoms with Crippen LogP contribution in [0.25, 0.3) is 0 Å². The maximum Gasteiger partial charge on any atom is 0.378 e. The van der Waals surface area contributed by atoms with E-state index in [1.165, 1.54) is 26.2 Å². The van der Waals surface area contributed by atoms with Gasteiger partial charge in [0.05, 0.1) is 0 Å². The third kappa shape index (κ3) is 3.57. The van der Waals surface area contributed by atoms with Crippen LogP contribution in [0.3, 0.4) is 0 Å². The van der Waals surface area contributed by atoms with E-state index < -0.39 is 29.9 Å². The maximum absolute atomic E-state index is 11.9. The van der Waals surface area contributed by atoms with Gasteiger partial charge in [-0.05, 0) is 51.9 Å². The van der Waals surface area contributed by atoms with Gasteiger partial charge in [0.15, 0.2) is 6.61 Å². The maximum atomic E-state index is 11.9. The van der Waals surface area contributed by atoms with Crippen LogP contribution < -0.4 is 0 Å². The third-order valence-corrected chi connectivity index (χ3v) is 4.90. The van der Waals surface area contributed by atoms with Gasteiger partial charge in [-0.3, -0.25) is 4.79 Å². The lowest BCUT2D eigenvalue weighted by Crippen LogP contribution is -2.42. The summed E-state index contributed by atoms with van der Waals surface area (Å²) in [6.45, 7) is 8.01. The molecule has 0 spiro atoms. The van der Waals surface area contributed by atoms with Gasteiger partial charge in [-0.25, -0.2) is 9.59 Å². The molecular formula is C17H24O5. The van der Waals surface area contributed by atoms with E-state index in [-0.39, 0.29) is 5.57 Å². The Morgan fingerprint density at radius 3 is 2.32 bits per heavy atom. The number of carbonyl (C=O) groups excluding carboxylic acids is 3. The minimum atomic E-state index is -0.928. The summed E-state index contributed by atoms with van der Waals surface area (Å²) in [5, 5.41) is 0. The average molecular weight is 308 g/mol. The number of esters is 2. The fourth-order valence-corrected chi connectivity index (χ4v) is 3.78. The van der Waals surface area contributed by atoms with Gasteiger partial charge in [0.1, 0.15) is 5.60 Å². The van der Waals surface area contributed by atoms with Crippen LogP contribution in [0.5, 0.6) is 0 Å². The van der Waals surface area contributed by atoms with Crippen LogP contribution in [-0.2, 0) is 23.9 Å². The summed E-state index contributed by atoms with van der Waals surface area (Å²) in [6.07, 6.45) is 4.71. The molecule has 3 atom stereocenters. The number of hydrogen-bond acceptors (Lipinski definition) is 5. The highest BCUT2D eigenvalue weighted by Gasteiger charge is 2.48. The molecule has 2 saturated carbocycles. The summed E-state index contributed by atoms with van der Waals surface area (Å²) in [4.78, 5) is 34.9. The molecule has 0 radical (unpaired) electrons. The van der Waals surface area contributed by atoms with E-state index in [2.05, 4.69) is 11.3 Å². The summed E-state index contributed by atoms with van der Waals surface area (Å²) >= 11 is 0. The van der Waals surface area contributed by atoms with E-state index in [0.29, 0.717) is 11.8 Å². The van der Waals surface area contributed by atoms with Crippen LogP contribution in [0.15, 0.2) is 12.2 Å². The molecule has 0 aromatic heterocycles. The first-order valence-corrected chi connectivity index (χ1v) is 7.79. The van der Waals surface area contributed by atoms with Crippen molar-refractivity contribution in [2.24, 2.45) is 17.8 Å². The summed E-state index contributed by atoms with van der Waals surface area (Å²) in [5.74, 6) is -0.827. The largest absolute Gasteiger partial charge is 0.454 e. The molecule has 0 heterocycles. The van der Waals surface area contributed by atoms with Crippen LogP contribution >= 0.6 is 0 Å². The molecule has 0 N–H and O–H groups in total. The van der Waals surface area contributed by atoms with Gasteiger partial charge in [0, 0.05) is 11.5 Å². The molecule has 0 aliphatic heterocycles. The average Bonchev–Trinajstić information content (AvgIpc) is 3.06. The second-order valence-electron chi connectivity index (χ2n) is 7.05. The molecule has 2 aliphatic rings. The minimum absolute atomic E-state index is 0.184. The Morgan fingerprint density at radius 1 is 1.14 bits per heavy atom. The molecule has 0 amide bonds. The first-order valence-electron chi connectivity index (χ1n) is 7.79. The van der Waals surface area contributed by atoms with Crippen LogP contribution in [0.1, 0.15) is 46.5 Å². The molecule has 2 fully saturated rings. The van der Waals surface area contributed by atoms with Crippen molar-refractivity contribution in [1.82, 2.24) is 0 Å². The predicted octanol–water partition coefficient (Wildman–Crippen LogP) is 2.43. The van der Waals surface area contributed by atoms with E-state index >= 15 is 0 Å². The lowest BCUT2D eigenvalue weighted by Gasteiger charge is -2.36. The molecule has 2 rings (SSSR count). The molecular weight excluding hydrogens is 284 g/mol. The quantitative estimate of drug-likeness (QED) is 0.428. The van der Waals surface area contributed by atoms with Crippen LogP contribution in [0.2, 0.25) is 0 Å². The Bertz CT molecular complexity index is 505. The Morgan fingerprint density at radius 2 is 1.82 bits per heavy atom. The first-order chi connectivity index (χ1) is 10.2. The van der Waals surface area contributed by atoms with E-state index in [0.717, 1.165) is 12.3 Å². The second kappa shape index (κ2) is 6.23. The van der Waals surface area contributed by atoms with E-state index in [4.69, 9.17) is 4.74 Å². The number of rotatable bonds is 6. The number of hydrogen-bond donors (Lipinski definition) is 0. The zero-order valence-corrected chi connectivity index (χ0v) is 13.5. The molecule has 2 bridgehead atoms. The van der Waals surface area contributed by atoms with Gasteiger partial charge >= 0.3 is 11.9 Å². The fourth-order valence-electron chi connectivity index (χ4n) is 3.78. The zero-order chi connectivity index (χ0) is 16.5. The number of ketones is 1. The molecule has 0 saturated heterocycles.